The summed E-state index contributed by atoms with van der Waals surface area (Å²) in [4.78, 5) is 23.1. The average molecular weight is 361 g/mol. The molecule has 0 radical (unpaired) electrons. The van der Waals surface area contributed by atoms with E-state index in [9.17, 15) is 14.9 Å². The highest BCUT2D eigenvalue weighted by atomic mass is 32.2. The van der Waals surface area contributed by atoms with Crippen molar-refractivity contribution in [1.29, 1.82) is 0 Å². The Morgan fingerprint density at radius 3 is 2.56 bits per heavy atom. The number of benzene rings is 1. The zero-order chi connectivity index (χ0) is 18.2. The Hall–Kier alpha value is -1.89. The maximum absolute atomic E-state index is 12.1. The molecule has 2 aliphatic carbocycles. The lowest BCUT2D eigenvalue weighted by atomic mass is 9.70. The van der Waals surface area contributed by atoms with Gasteiger partial charge in [0.25, 0.3) is 5.69 Å². The Balaban J connectivity index is 1.54. The van der Waals surface area contributed by atoms with Gasteiger partial charge in [-0.05, 0) is 42.7 Å². The van der Waals surface area contributed by atoms with Crippen LogP contribution in [0.2, 0.25) is 0 Å². The van der Waals surface area contributed by atoms with Gasteiger partial charge in [0.2, 0.25) is 5.91 Å². The van der Waals surface area contributed by atoms with Crippen LogP contribution < -0.4 is 5.43 Å². The first-order valence-corrected chi connectivity index (χ1v) is 9.46. The molecule has 3 rings (SSSR count). The Bertz CT molecular complexity index is 730. The number of carbonyl (C=O) groups excluding carboxylic acids is 1. The van der Waals surface area contributed by atoms with E-state index in [2.05, 4.69) is 31.3 Å². The van der Waals surface area contributed by atoms with Gasteiger partial charge in [0.15, 0.2) is 0 Å². The van der Waals surface area contributed by atoms with Crippen LogP contribution in [0.5, 0.6) is 0 Å². The Morgan fingerprint density at radius 1 is 1.36 bits per heavy atom. The van der Waals surface area contributed by atoms with E-state index < -0.39 is 4.92 Å². The molecule has 2 fully saturated rings. The van der Waals surface area contributed by atoms with Gasteiger partial charge in [0, 0.05) is 28.2 Å². The smallest absolute Gasteiger partial charge is 0.269 e. The minimum atomic E-state index is -0.436. The number of nitro benzene ring substituents is 1. The third kappa shape index (κ3) is 3.17. The summed E-state index contributed by atoms with van der Waals surface area (Å²) in [5.74, 6) is 0.737. The number of hydrogen-bond donors (Lipinski definition) is 1. The van der Waals surface area contributed by atoms with E-state index in [4.69, 9.17) is 0 Å². The molecule has 2 aliphatic rings. The fraction of sp³-hybridized carbons (Fsp3) is 0.556. The predicted molar refractivity (Wildman–Crippen MR) is 98.6 cm³/mol. The van der Waals surface area contributed by atoms with Crippen LogP contribution in [0.4, 0.5) is 5.69 Å². The van der Waals surface area contributed by atoms with E-state index in [1.165, 1.54) is 30.3 Å². The maximum atomic E-state index is 12.1. The van der Waals surface area contributed by atoms with Crippen molar-refractivity contribution < 1.29 is 9.72 Å². The summed E-state index contributed by atoms with van der Waals surface area (Å²) in [6, 6.07) is 6.19. The van der Waals surface area contributed by atoms with E-state index in [0.717, 1.165) is 23.4 Å². The van der Waals surface area contributed by atoms with Gasteiger partial charge in [-0.3, -0.25) is 14.9 Å². The Morgan fingerprint density at radius 2 is 2.04 bits per heavy atom. The number of fused-ring (bicyclic) bond motifs is 2. The van der Waals surface area contributed by atoms with E-state index in [-0.39, 0.29) is 28.2 Å². The largest absolute Gasteiger partial charge is 0.272 e. The van der Waals surface area contributed by atoms with Crippen LogP contribution in [-0.2, 0) is 4.79 Å². The number of thioether (sulfide) groups is 1. The molecule has 1 aromatic carbocycles. The minimum absolute atomic E-state index is 0.0485. The van der Waals surface area contributed by atoms with Gasteiger partial charge in [-0.15, -0.1) is 11.8 Å². The summed E-state index contributed by atoms with van der Waals surface area (Å²) < 4.78 is 0. The van der Waals surface area contributed by atoms with Crippen LogP contribution in [0.3, 0.4) is 0 Å². The number of non-ortho nitro benzene ring substituents is 1. The molecule has 0 aromatic heterocycles. The van der Waals surface area contributed by atoms with Crippen LogP contribution >= 0.6 is 11.8 Å². The quantitative estimate of drug-likeness (QED) is 0.488. The van der Waals surface area contributed by atoms with Crippen LogP contribution in [-0.4, -0.2) is 22.3 Å². The second-order valence-electron chi connectivity index (χ2n) is 7.63. The highest BCUT2D eigenvalue weighted by Crippen LogP contribution is 2.63. The molecule has 2 saturated carbocycles. The van der Waals surface area contributed by atoms with Gasteiger partial charge in [0.1, 0.15) is 0 Å². The first-order chi connectivity index (χ1) is 11.7. The van der Waals surface area contributed by atoms with Crippen molar-refractivity contribution >= 4 is 29.1 Å². The normalized spacial score (nSPS) is 28.3. The first kappa shape index (κ1) is 17.9. The van der Waals surface area contributed by atoms with Gasteiger partial charge < -0.3 is 0 Å². The van der Waals surface area contributed by atoms with E-state index in [1.807, 2.05) is 0 Å². The highest BCUT2D eigenvalue weighted by molar-refractivity contribution is 8.00. The van der Waals surface area contributed by atoms with Crippen LogP contribution in [0, 0.1) is 26.9 Å². The summed E-state index contributed by atoms with van der Waals surface area (Å²) in [7, 11) is 0. The number of rotatable bonds is 5. The topological polar surface area (TPSA) is 84.6 Å². The molecule has 7 heteroatoms. The third-order valence-electron chi connectivity index (χ3n) is 6.25. The molecule has 0 saturated heterocycles. The average Bonchev–Trinajstić information content (AvgIpc) is 2.91. The summed E-state index contributed by atoms with van der Waals surface area (Å²) in [5, 5.41) is 15.1. The van der Waals surface area contributed by atoms with Crippen LogP contribution in [0.25, 0.3) is 0 Å². The molecule has 2 bridgehead atoms. The zero-order valence-electron chi connectivity index (χ0n) is 14.7. The summed E-state index contributed by atoms with van der Waals surface area (Å²) in [5.41, 5.74) is 4.17. The number of hydrazone groups is 1. The highest BCUT2D eigenvalue weighted by Gasteiger charge is 2.59. The molecule has 1 aromatic rings. The first-order valence-electron chi connectivity index (χ1n) is 8.47. The molecule has 0 aliphatic heterocycles. The lowest BCUT2D eigenvalue weighted by molar-refractivity contribution is -0.384. The van der Waals surface area contributed by atoms with Crippen molar-refractivity contribution in [1.82, 2.24) is 5.43 Å². The standard InChI is InChI=1S/C18H23N3O3S/c1-17(2)12-8-9-18(17,3)15(10-12)19-20-16(22)11-25-14-6-4-13(5-7-14)21(23)24/h4-7,12H,8-11H2,1-3H3,(H,20,22)/b19-15+/t12-,18-/m1/s1. The Kier molecular flexibility index (Phi) is 4.62. The van der Waals surface area contributed by atoms with Crippen molar-refractivity contribution in [2.24, 2.45) is 21.8 Å². The fourth-order valence-electron chi connectivity index (χ4n) is 4.07. The molecule has 134 valence electrons. The minimum Gasteiger partial charge on any atom is -0.272 e. The molecule has 1 amide bonds. The molecule has 1 N–H and O–H groups in total. The molecule has 0 unspecified atom stereocenters. The Labute approximate surface area is 151 Å². The zero-order valence-corrected chi connectivity index (χ0v) is 15.6. The summed E-state index contributed by atoms with van der Waals surface area (Å²) in [6.45, 7) is 6.87. The molecule has 0 heterocycles. The lowest BCUT2D eigenvalue weighted by Crippen LogP contribution is -2.34. The summed E-state index contributed by atoms with van der Waals surface area (Å²) >= 11 is 1.34. The summed E-state index contributed by atoms with van der Waals surface area (Å²) in [6.07, 6.45) is 3.35. The van der Waals surface area contributed by atoms with Crippen molar-refractivity contribution in [2.75, 3.05) is 5.75 Å². The molecule has 25 heavy (non-hydrogen) atoms. The SMILES string of the molecule is CC1(C)[C@@H]2CC[C@]1(C)/C(=N/NC(=O)CSc1ccc([N+](=O)[O-])cc1)C2. The third-order valence-corrected chi connectivity index (χ3v) is 7.26. The molecule has 2 atom stereocenters. The van der Waals surface area contributed by atoms with E-state index in [1.54, 1.807) is 12.1 Å². The number of nitro groups is 1. The van der Waals surface area contributed by atoms with Crippen molar-refractivity contribution in [3.05, 3.63) is 34.4 Å². The number of nitrogens with one attached hydrogen (secondary N) is 1. The number of nitrogens with zero attached hydrogens (tertiary/aromatic N) is 2. The monoisotopic (exact) mass is 361 g/mol. The van der Waals surface area contributed by atoms with Gasteiger partial charge in [-0.1, -0.05) is 20.8 Å². The van der Waals surface area contributed by atoms with Crippen molar-refractivity contribution in [2.45, 2.75) is 44.9 Å². The van der Waals surface area contributed by atoms with Gasteiger partial charge >= 0.3 is 0 Å². The fourth-order valence-corrected chi connectivity index (χ4v) is 4.76. The van der Waals surface area contributed by atoms with E-state index in [0.29, 0.717) is 5.92 Å². The molecule has 6 nitrogen and oxygen atoms in total. The second kappa shape index (κ2) is 6.44. The number of carbonyl (C=O) groups is 1. The predicted octanol–water partition coefficient (Wildman–Crippen LogP) is 4.01. The van der Waals surface area contributed by atoms with Gasteiger partial charge in [-0.2, -0.15) is 5.10 Å². The van der Waals surface area contributed by atoms with Crippen molar-refractivity contribution in [3.8, 4) is 0 Å². The molecule has 0 spiro atoms. The molecular weight excluding hydrogens is 338 g/mol. The van der Waals surface area contributed by atoms with Gasteiger partial charge in [0.05, 0.1) is 10.7 Å². The van der Waals surface area contributed by atoms with E-state index >= 15 is 0 Å². The lowest BCUT2D eigenvalue weighted by Gasteiger charge is -2.34. The van der Waals surface area contributed by atoms with Crippen molar-refractivity contribution in [3.63, 3.8) is 0 Å². The number of hydrogen-bond acceptors (Lipinski definition) is 5. The van der Waals surface area contributed by atoms with Crippen LogP contribution in [0.15, 0.2) is 34.3 Å². The maximum Gasteiger partial charge on any atom is 0.269 e. The molecular formula is C18H23N3O3S. The second-order valence-corrected chi connectivity index (χ2v) is 8.68. The number of amides is 1. The van der Waals surface area contributed by atoms with Gasteiger partial charge in [-0.25, -0.2) is 5.43 Å². The van der Waals surface area contributed by atoms with Crippen LogP contribution in [0.1, 0.15) is 40.0 Å².